The minimum atomic E-state index is -0.211. The van der Waals surface area contributed by atoms with Gasteiger partial charge < -0.3 is 4.90 Å². The minimum absolute atomic E-state index is 0.0298. The predicted octanol–water partition coefficient (Wildman–Crippen LogP) is 4.25. The molecule has 2 fully saturated rings. The van der Waals surface area contributed by atoms with Crippen molar-refractivity contribution in [2.75, 3.05) is 0 Å². The zero-order chi connectivity index (χ0) is 17.4. The number of nitrogens with zero attached hydrogens (tertiary/aromatic N) is 2. The van der Waals surface area contributed by atoms with E-state index in [0.29, 0.717) is 17.0 Å². The molecule has 0 N–H and O–H groups in total. The second kappa shape index (κ2) is 6.33. The first-order valence-electron chi connectivity index (χ1n) is 8.74. The van der Waals surface area contributed by atoms with Crippen LogP contribution in [0.25, 0.3) is 0 Å². The molecule has 2 aromatic rings. The molecule has 4 rings (SSSR count). The Kier molecular flexibility index (Phi) is 4.01. The molecule has 0 aromatic heterocycles. The van der Waals surface area contributed by atoms with E-state index >= 15 is 0 Å². The summed E-state index contributed by atoms with van der Waals surface area (Å²) in [5.74, 6) is 0.200. The van der Waals surface area contributed by atoms with E-state index in [0.717, 1.165) is 31.2 Å². The first-order chi connectivity index (χ1) is 12.2. The zero-order valence-corrected chi connectivity index (χ0v) is 13.9. The van der Waals surface area contributed by atoms with Crippen LogP contribution in [-0.2, 0) is 0 Å². The topological polar surface area (TPSA) is 44.1 Å². The average molecular weight is 334 g/mol. The smallest absolute Gasteiger partial charge is 0.254 e. The molecule has 0 saturated carbocycles. The highest BCUT2D eigenvalue weighted by atomic mass is 19.1. The first kappa shape index (κ1) is 15.8. The molecule has 0 spiro atoms. The summed E-state index contributed by atoms with van der Waals surface area (Å²) in [6, 6.07) is 16.3. The fraction of sp³-hybridized carbons (Fsp3) is 0.333. The van der Waals surface area contributed by atoms with E-state index in [-0.39, 0.29) is 23.8 Å². The third-order valence-electron chi connectivity index (χ3n) is 5.55. The van der Waals surface area contributed by atoms with Gasteiger partial charge in [-0.3, -0.25) is 4.79 Å². The van der Waals surface area contributed by atoms with E-state index in [4.69, 9.17) is 5.26 Å². The number of carbonyl (C=O) groups excluding carboxylic acids is 1. The molecule has 25 heavy (non-hydrogen) atoms. The molecule has 2 saturated heterocycles. The van der Waals surface area contributed by atoms with Crippen LogP contribution in [0.15, 0.2) is 48.5 Å². The molecule has 3 nitrogen and oxygen atoms in total. The lowest BCUT2D eigenvalue weighted by Gasteiger charge is -2.39. The van der Waals surface area contributed by atoms with Gasteiger partial charge >= 0.3 is 0 Å². The van der Waals surface area contributed by atoms with Crippen LogP contribution in [0.1, 0.15) is 53.1 Å². The maximum atomic E-state index is 13.2. The fourth-order valence-electron chi connectivity index (χ4n) is 4.39. The number of benzene rings is 2. The maximum Gasteiger partial charge on any atom is 0.254 e. The van der Waals surface area contributed by atoms with Crippen molar-refractivity contribution in [3.05, 3.63) is 71.0 Å². The van der Waals surface area contributed by atoms with E-state index in [1.54, 1.807) is 24.3 Å². The highest BCUT2D eigenvalue weighted by Crippen LogP contribution is 2.43. The maximum absolute atomic E-state index is 13.2. The van der Waals surface area contributed by atoms with Crippen molar-refractivity contribution in [2.45, 2.75) is 43.7 Å². The minimum Gasteiger partial charge on any atom is -0.333 e. The van der Waals surface area contributed by atoms with Gasteiger partial charge in [-0.25, -0.2) is 4.39 Å². The summed E-state index contributed by atoms with van der Waals surface area (Å²) in [7, 11) is 0. The lowest BCUT2D eigenvalue weighted by molar-refractivity contribution is 0.0571. The van der Waals surface area contributed by atoms with Crippen molar-refractivity contribution < 1.29 is 9.18 Å². The van der Waals surface area contributed by atoms with Gasteiger partial charge in [0.2, 0.25) is 0 Å². The van der Waals surface area contributed by atoms with Crippen LogP contribution in [0.5, 0.6) is 0 Å². The Morgan fingerprint density at radius 3 is 2.40 bits per heavy atom. The van der Waals surface area contributed by atoms with E-state index < -0.39 is 0 Å². The molecule has 0 unspecified atom stereocenters. The number of hydrogen-bond donors (Lipinski definition) is 0. The monoisotopic (exact) mass is 334 g/mol. The molecule has 3 atom stereocenters. The fourth-order valence-corrected chi connectivity index (χ4v) is 4.39. The largest absolute Gasteiger partial charge is 0.333 e. The Balaban J connectivity index is 1.55. The molecule has 0 aliphatic carbocycles. The van der Waals surface area contributed by atoms with E-state index in [9.17, 15) is 9.18 Å². The summed E-state index contributed by atoms with van der Waals surface area (Å²) >= 11 is 0. The SMILES string of the molecule is N#Cc1cccc(C(=O)N2[C@@H]3CC[C@H]2C[C@@H](c2ccc(F)cc2)C3)c1. The van der Waals surface area contributed by atoms with Crippen molar-refractivity contribution in [3.8, 4) is 6.07 Å². The second-order valence-corrected chi connectivity index (χ2v) is 7.01. The van der Waals surface area contributed by atoms with Gasteiger partial charge in [0, 0.05) is 17.6 Å². The highest BCUT2D eigenvalue weighted by molar-refractivity contribution is 5.95. The number of nitriles is 1. The van der Waals surface area contributed by atoms with Gasteiger partial charge in [0.1, 0.15) is 5.82 Å². The predicted molar refractivity (Wildman–Crippen MR) is 92.5 cm³/mol. The number of piperidine rings is 1. The third kappa shape index (κ3) is 2.91. The van der Waals surface area contributed by atoms with Crippen LogP contribution >= 0.6 is 0 Å². The molecule has 126 valence electrons. The zero-order valence-electron chi connectivity index (χ0n) is 13.9. The molecular weight excluding hydrogens is 315 g/mol. The summed E-state index contributed by atoms with van der Waals surface area (Å²) in [5, 5.41) is 9.05. The van der Waals surface area contributed by atoms with Crippen molar-refractivity contribution in [3.63, 3.8) is 0 Å². The Morgan fingerprint density at radius 2 is 1.76 bits per heavy atom. The van der Waals surface area contributed by atoms with Gasteiger partial charge in [-0.05, 0) is 67.5 Å². The summed E-state index contributed by atoms with van der Waals surface area (Å²) in [4.78, 5) is 15.0. The summed E-state index contributed by atoms with van der Waals surface area (Å²) in [5.41, 5.74) is 2.27. The molecule has 2 heterocycles. The number of halogens is 1. The van der Waals surface area contributed by atoms with Crippen molar-refractivity contribution in [1.82, 2.24) is 4.90 Å². The molecule has 2 aromatic carbocycles. The van der Waals surface area contributed by atoms with Gasteiger partial charge in [-0.1, -0.05) is 18.2 Å². The lowest BCUT2D eigenvalue weighted by atomic mass is 9.84. The first-order valence-corrected chi connectivity index (χ1v) is 8.74. The van der Waals surface area contributed by atoms with Crippen molar-refractivity contribution >= 4 is 5.91 Å². The highest BCUT2D eigenvalue weighted by Gasteiger charge is 2.43. The molecule has 2 bridgehead atoms. The van der Waals surface area contributed by atoms with Crippen molar-refractivity contribution in [2.24, 2.45) is 0 Å². The molecule has 1 amide bonds. The van der Waals surface area contributed by atoms with Gasteiger partial charge in [0.05, 0.1) is 11.6 Å². The van der Waals surface area contributed by atoms with Crippen LogP contribution in [-0.4, -0.2) is 22.9 Å². The molecule has 0 radical (unpaired) electrons. The van der Waals surface area contributed by atoms with Crippen LogP contribution in [0, 0.1) is 17.1 Å². The van der Waals surface area contributed by atoms with Crippen LogP contribution in [0.2, 0.25) is 0 Å². The van der Waals surface area contributed by atoms with Crippen molar-refractivity contribution in [1.29, 1.82) is 5.26 Å². The third-order valence-corrected chi connectivity index (χ3v) is 5.55. The van der Waals surface area contributed by atoms with Crippen LogP contribution in [0.4, 0.5) is 4.39 Å². The second-order valence-electron chi connectivity index (χ2n) is 7.01. The Bertz CT molecular complexity index is 826. The quantitative estimate of drug-likeness (QED) is 0.824. The van der Waals surface area contributed by atoms with Crippen LogP contribution in [0.3, 0.4) is 0 Å². The molecule has 4 heteroatoms. The van der Waals surface area contributed by atoms with Gasteiger partial charge in [0.25, 0.3) is 5.91 Å². The van der Waals surface area contributed by atoms with Gasteiger partial charge in [-0.15, -0.1) is 0 Å². The summed E-state index contributed by atoms with van der Waals surface area (Å²) in [6.07, 6.45) is 3.88. The normalized spacial score (nSPS) is 24.8. The number of carbonyl (C=O) groups is 1. The van der Waals surface area contributed by atoms with E-state index in [1.165, 1.54) is 12.1 Å². The molecule has 2 aliphatic heterocycles. The van der Waals surface area contributed by atoms with E-state index in [2.05, 4.69) is 6.07 Å². The average Bonchev–Trinajstić information content (AvgIpc) is 2.91. The standard InChI is InChI=1S/C21H19FN2O/c22-18-6-4-15(5-7-18)17-11-19-8-9-20(12-17)24(19)21(25)16-3-1-2-14(10-16)13-23/h1-7,10,17,19-20H,8-9,11-12H2/t17-,19+,20-. The van der Waals surface area contributed by atoms with Crippen LogP contribution < -0.4 is 0 Å². The lowest BCUT2D eigenvalue weighted by Crippen LogP contribution is -2.46. The summed E-state index contributed by atoms with van der Waals surface area (Å²) in [6.45, 7) is 0. The Morgan fingerprint density at radius 1 is 1.08 bits per heavy atom. The number of amides is 1. The van der Waals surface area contributed by atoms with E-state index in [1.807, 2.05) is 17.0 Å². The number of rotatable bonds is 2. The number of fused-ring (bicyclic) bond motifs is 2. The van der Waals surface area contributed by atoms with Gasteiger partial charge in [0.15, 0.2) is 0 Å². The molecular formula is C21H19FN2O. The number of hydrogen-bond acceptors (Lipinski definition) is 2. The molecule has 2 aliphatic rings. The summed E-state index contributed by atoms with van der Waals surface area (Å²) < 4.78 is 13.2. The van der Waals surface area contributed by atoms with Gasteiger partial charge in [-0.2, -0.15) is 5.26 Å². The Labute approximate surface area is 146 Å². The Hall–Kier alpha value is -2.67.